The summed E-state index contributed by atoms with van der Waals surface area (Å²) in [6, 6.07) is 5.78. The zero-order chi connectivity index (χ0) is 15.5. The molecule has 1 atom stereocenters. The van der Waals surface area contributed by atoms with Gasteiger partial charge in [0, 0.05) is 45.1 Å². The van der Waals surface area contributed by atoms with Crippen LogP contribution in [0.15, 0.2) is 30.6 Å². The molecule has 22 heavy (non-hydrogen) atoms. The van der Waals surface area contributed by atoms with Crippen molar-refractivity contribution in [3.63, 3.8) is 0 Å². The maximum Gasteiger partial charge on any atom is 0.225 e. The molecule has 0 bridgehead atoms. The SMILES string of the molecule is Cc1ccnc(N2CC[C@@H](Oc3cccnc3N(C)C)C2)n1. The highest BCUT2D eigenvalue weighted by Gasteiger charge is 2.26. The monoisotopic (exact) mass is 299 g/mol. The van der Waals surface area contributed by atoms with Gasteiger partial charge >= 0.3 is 0 Å². The molecule has 0 aromatic carbocycles. The highest BCUT2D eigenvalue weighted by atomic mass is 16.5. The molecule has 1 fully saturated rings. The van der Waals surface area contributed by atoms with E-state index >= 15 is 0 Å². The average Bonchev–Trinajstić information content (AvgIpc) is 2.96. The van der Waals surface area contributed by atoms with Gasteiger partial charge in [-0.05, 0) is 25.1 Å². The number of hydrogen-bond acceptors (Lipinski definition) is 6. The minimum Gasteiger partial charge on any atom is -0.485 e. The van der Waals surface area contributed by atoms with Gasteiger partial charge in [0.05, 0.1) is 6.54 Å². The van der Waals surface area contributed by atoms with Crippen LogP contribution in [0.3, 0.4) is 0 Å². The first-order valence-corrected chi connectivity index (χ1v) is 7.47. The van der Waals surface area contributed by atoms with E-state index in [0.29, 0.717) is 0 Å². The lowest BCUT2D eigenvalue weighted by molar-refractivity contribution is 0.225. The van der Waals surface area contributed by atoms with Gasteiger partial charge in [0.25, 0.3) is 0 Å². The summed E-state index contributed by atoms with van der Waals surface area (Å²) in [5, 5.41) is 0. The predicted molar refractivity (Wildman–Crippen MR) is 86.6 cm³/mol. The van der Waals surface area contributed by atoms with Crippen LogP contribution in [-0.2, 0) is 0 Å². The van der Waals surface area contributed by atoms with Gasteiger partial charge in [0.15, 0.2) is 11.6 Å². The molecular weight excluding hydrogens is 278 g/mol. The minimum atomic E-state index is 0.131. The van der Waals surface area contributed by atoms with Crippen molar-refractivity contribution in [1.29, 1.82) is 0 Å². The number of aromatic nitrogens is 3. The van der Waals surface area contributed by atoms with Crippen molar-refractivity contribution in [1.82, 2.24) is 15.0 Å². The number of pyridine rings is 1. The Balaban J connectivity index is 1.69. The molecule has 2 aromatic heterocycles. The van der Waals surface area contributed by atoms with E-state index in [2.05, 4.69) is 19.9 Å². The quantitative estimate of drug-likeness (QED) is 0.859. The first kappa shape index (κ1) is 14.6. The lowest BCUT2D eigenvalue weighted by Crippen LogP contribution is -2.26. The fourth-order valence-corrected chi connectivity index (χ4v) is 2.58. The van der Waals surface area contributed by atoms with Crippen LogP contribution in [-0.4, -0.2) is 48.2 Å². The van der Waals surface area contributed by atoms with Crippen LogP contribution in [0.1, 0.15) is 12.1 Å². The number of rotatable bonds is 4. The smallest absolute Gasteiger partial charge is 0.225 e. The zero-order valence-electron chi connectivity index (χ0n) is 13.2. The Labute approximate surface area is 130 Å². The third kappa shape index (κ3) is 3.10. The summed E-state index contributed by atoms with van der Waals surface area (Å²) in [5.41, 5.74) is 0.983. The van der Waals surface area contributed by atoms with Gasteiger partial charge in [-0.1, -0.05) is 0 Å². The molecule has 6 nitrogen and oxygen atoms in total. The van der Waals surface area contributed by atoms with Crippen LogP contribution in [0, 0.1) is 6.92 Å². The first-order chi connectivity index (χ1) is 10.6. The van der Waals surface area contributed by atoms with Crippen molar-refractivity contribution in [2.45, 2.75) is 19.4 Å². The molecule has 1 saturated heterocycles. The van der Waals surface area contributed by atoms with Crippen molar-refractivity contribution < 1.29 is 4.74 Å². The summed E-state index contributed by atoms with van der Waals surface area (Å²) >= 11 is 0. The maximum atomic E-state index is 6.15. The van der Waals surface area contributed by atoms with Crippen molar-refractivity contribution in [3.8, 4) is 5.75 Å². The van der Waals surface area contributed by atoms with E-state index in [-0.39, 0.29) is 6.10 Å². The molecule has 3 heterocycles. The molecule has 0 radical (unpaired) electrons. The van der Waals surface area contributed by atoms with Crippen molar-refractivity contribution in [2.75, 3.05) is 37.0 Å². The Morgan fingerprint density at radius 2 is 2.09 bits per heavy atom. The molecule has 6 heteroatoms. The standard InChI is InChI=1S/C16H21N5O/c1-12-6-9-18-16(19-12)21-10-7-13(11-21)22-14-5-4-8-17-15(14)20(2)3/h4-6,8-9,13H,7,10-11H2,1-3H3/t13-/m1/s1. The minimum absolute atomic E-state index is 0.131. The van der Waals surface area contributed by atoms with Crippen molar-refractivity contribution >= 4 is 11.8 Å². The number of anilines is 2. The van der Waals surface area contributed by atoms with E-state index in [1.54, 1.807) is 12.4 Å². The highest BCUT2D eigenvalue weighted by molar-refractivity contribution is 5.51. The van der Waals surface area contributed by atoms with Crippen molar-refractivity contribution in [2.24, 2.45) is 0 Å². The van der Waals surface area contributed by atoms with E-state index in [0.717, 1.165) is 42.7 Å². The molecule has 3 rings (SSSR count). The van der Waals surface area contributed by atoms with Gasteiger partial charge in [0.1, 0.15) is 6.10 Å². The van der Waals surface area contributed by atoms with Gasteiger partial charge < -0.3 is 14.5 Å². The second-order valence-corrected chi connectivity index (χ2v) is 5.69. The molecule has 0 aliphatic carbocycles. The molecular formula is C16H21N5O. The molecule has 0 spiro atoms. The van der Waals surface area contributed by atoms with Crippen LogP contribution in [0.4, 0.5) is 11.8 Å². The Hall–Kier alpha value is -2.37. The van der Waals surface area contributed by atoms with E-state index in [1.165, 1.54) is 0 Å². The summed E-state index contributed by atoms with van der Waals surface area (Å²) in [4.78, 5) is 17.3. The first-order valence-electron chi connectivity index (χ1n) is 7.47. The Morgan fingerprint density at radius 3 is 2.86 bits per heavy atom. The number of hydrogen-bond donors (Lipinski definition) is 0. The van der Waals surface area contributed by atoms with Crippen molar-refractivity contribution in [3.05, 3.63) is 36.3 Å². The van der Waals surface area contributed by atoms with Gasteiger partial charge in [-0.2, -0.15) is 0 Å². The average molecular weight is 299 g/mol. The third-order valence-electron chi connectivity index (χ3n) is 3.68. The maximum absolute atomic E-state index is 6.15. The van der Waals surface area contributed by atoms with Gasteiger partial charge in [-0.25, -0.2) is 15.0 Å². The number of ether oxygens (including phenoxy) is 1. The molecule has 0 amide bonds. The molecule has 0 saturated carbocycles. The Kier molecular flexibility index (Phi) is 4.09. The second kappa shape index (κ2) is 6.17. The lowest BCUT2D eigenvalue weighted by atomic mass is 10.3. The van der Waals surface area contributed by atoms with E-state index in [1.807, 2.05) is 44.1 Å². The lowest BCUT2D eigenvalue weighted by Gasteiger charge is -2.20. The van der Waals surface area contributed by atoms with E-state index in [4.69, 9.17) is 4.74 Å². The normalized spacial score (nSPS) is 17.6. The largest absolute Gasteiger partial charge is 0.485 e. The van der Waals surface area contributed by atoms with Gasteiger partial charge in [0.2, 0.25) is 5.95 Å². The predicted octanol–water partition coefficient (Wildman–Crippen LogP) is 1.90. The molecule has 2 aromatic rings. The molecule has 0 N–H and O–H groups in total. The second-order valence-electron chi connectivity index (χ2n) is 5.69. The van der Waals surface area contributed by atoms with Gasteiger partial charge in [-0.3, -0.25) is 0 Å². The number of nitrogens with zero attached hydrogens (tertiary/aromatic N) is 5. The van der Waals surface area contributed by atoms with Crippen LogP contribution < -0.4 is 14.5 Å². The van der Waals surface area contributed by atoms with Crippen LogP contribution in [0.2, 0.25) is 0 Å². The Morgan fingerprint density at radius 1 is 1.23 bits per heavy atom. The van der Waals surface area contributed by atoms with Crippen LogP contribution in [0.5, 0.6) is 5.75 Å². The molecule has 0 unspecified atom stereocenters. The summed E-state index contributed by atoms with van der Waals surface area (Å²) in [5.74, 6) is 2.46. The van der Waals surface area contributed by atoms with E-state index < -0.39 is 0 Å². The summed E-state index contributed by atoms with van der Waals surface area (Å²) in [7, 11) is 3.94. The molecule has 1 aliphatic heterocycles. The summed E-state index contributed by atoms with van der Waals surface area (Å²) in [6.07, 6.45) is 4.67. The van der Waals surface area contributed by atoms with Gasteiger partial charge in [-0.15, -0.1) is 0 Å². The highest BCUT2D eigenvalue weighted by Crippen LogP contribution is 2.27. The van der Waals surface area contributed by atoms with E-state index in [9.17, 15) is 0 Å². The number of aryl methyl sites for hydroxylation is 1. The van der Waals surface area contributed by atoms with Crippen LogP contribution >= 0.6 is 0 Å². The fourth-order valence-electron chi connectivity index (χ4n) is 2.58. The topological polar surface area (TPSA) is 54.4 Å². The summed E-state index contributed by atoms with van der Waals surface area (Å²) in [6.45, 7) is 3.69. The zero-order valence-corrected chi connectivity index (χ0v) is 13.2. The molecule has 116 valence electrons. The fraction of sp³-hybridized carbons (Fsp3) is 0.438. The Bertz CT molecular complexity index is 646. The molecule has 1 aliphatic rings. The summed E-state index contributed by atoms with van der Waals surface area (Å²) < 4.78 is 6.15. The van der Waals surface area contributed by atoms with Crippen LogP contribution in [0.25, 0.3) is 0 Å². The third-order valence-corrected chi connectivity index (χ3v) is 3.68.